The molecule has 0 aromatic carbocycles. The van der Waals surface area contributed by atoms with Gasteiger partial charge in [-0.15, -0.1) is 0 Å². The van der Waals surface area contributed by atoms with E-state index in [-0.39, 0.29) is 11.8 Å². The number of carbonyl (C=O) groups is 2. The second-order valence-corrected chi connectivity index (χ2v) is 12.0. The third-order valence-electron chi connectivity index (χ3n) is 10.2. The Morgan fingerprint density at radius 3 is 2.70 bits per heavy atom. The number of carbonyl (C=O) groups excluding carboxylic acids is 2. The van der Waals surface area contributed by atoms with E-state index in [1.807, 2.05) is 33.7 Å². The first-order valence-corrected chi connectivity index (χ1v) is 13.0. The van der Waals surface area contributed by atoms with Crippen LogP contribution in [0.4, 0.5) is 0 Å². The number of nitrogens with zero attached hydrogens (tertiary/aromatic N) is 3. The lowest BCUT2D eigenvalue weighted by atomic mass is 9.38. The van der Waals surface area contributed by atoms with Crippen LogP contribution in [0.2, 0.25) is 0 Å². The van der Waals surface area contributed by atoms with Crippen LogP contribution in [0.3, 0.4) is 0 Å². The summed E-state index contributed by atoms with van der Waals surface area (Å²) in [5, 5.41) is 3.31. The monoisotopic (exact) mass is 446 g/mol. The fraction of sp³-hybridized carbons (Fsp3) is 0.667. The lowest BCUT2D eigenvalue weighted by Gasteiger charge is -2.66. The van der Waals surface area contributed by atoms with Crippen LogP contribution in [0.15, 0.2) is 24.4 Å². The van der Waals surface area contributed by atoms with Crippen LogP contribution >= 0.6 is 0 Å². The normalized spacial score (nSPS) is 37.7. The second-order valence-electron chi connectivity index (χ2n) is 12.0. The maximum atomic E-state index is 13.2. The molecule has 1 saturated heterocycles. The molecule has 2 aromatic rings. The van der Waals surface area contributed by atoms with Crippen LogP contribution in [0.5, 0.6) is 0 Å². The molecule has 6 nitrogen and oxygen atoms in total. The van der Waals surface area contributed by atoms with Gasteiger partial charge in [0.25, 0.3) is 5.91 Å². The van der Waals surface area contributed by atoms with Crippen molar-refractivity contribution in [2.45, 2.75) is 58.3 Å². The molecule has 1 spiro atoms. The molecule has 2 amide bonds. The van der Waals surface area contributed by atoms with Gasteiger partial charge >= 0.3 is 0 Å². The van der Waals surface area contributed by atoms with Crippen LogP contribution in [0, 0.1) is 34.5 Å². The van der Waals surface area contributed by atoms with Crippen LogP contribution in [-0.2, 0) is 11.2 Å². The number of hydrogen-bond acceptors (Lipinski definition) is 3. The zero-order chi connectivity index (χ0) is 22.4. The third-order valence-corrected chi connectivity index (χ3v) is 10.2. The summed E-state index contributed by atoms with van der Waals surface area (Å²) in [6, 6.07) is 5.73. The molecule has 5 fully saturated rings. The van der Waals surface area contributed by atoms with Crippen LogP contribution in [-0.4, -0.2) is 45.7 Å². The quantitative estimate of drug-likeness (QED) is 0.736. The van der Waals surface area contributed by atoms with Gasteiger partial charge in [-0.25, -0.2) is 4.98 Å². The molecule has 4 saturated carbocycles. The number of aryl methyl sites for hydroxylation is 1. The first-order chi connectivity index (χ1) is 16.0. The molecule has 2 bridgehead atoms. The summed E-state index contributed by atoms with van der Waals surface area (Å²) in [5.41, 5.74) is 3.32. The van der Waals surface area contributed by atoms with Crippen LogP contribution < -0.4 is 5.32 Å². The Balaban J connectivity index is 1.02. The van der Waals surface area contributed by atoms with Gasteiger partial charge in [0, 0.05) is 32.3 Å². The van der Waals surface area contributed by atoms with Crippen molar-refractivity contribution < 1.29 is 9.59 Å². The number of amides is 2. The number of rotatable bonds is 6. The second kappa shape index (κ2) is 6.83. The SMILES string of the molecule is C[C@@H]1CCN(C(=O)CCc2cn3c(C(=O)NCC45CC6CC7CC(C4)C76C5)cccc3n2)C1. The summed E-state index contributed by atoms with van der Waals surface area (Å²) in [6.45, 7) is 4.76. The van der Waals surface area contributed by atoms with E-state index in [1.54, 1.807) is 0 Å². The number of likely N-dealkylation sites (tertiary alicyclic amines) is 1. The Morgan fingerprint density at radius 1 is 1.18 bits per heavy atom. The molecule has 3 atom stereocenters. The molecule has 4 aliphatic carbocycles. The van der Waals surface area contributed by atoms with Gasteiger partial charge in [-0.05, 0) is 91.6 Å². The summed E-state index contributed by atoms with van der Waals surface area (Å²) in [4.78, 5) is 32.4. The number of hydrogen-bond donors (Lipinski definition) is 1. The highest BCUT2D eigenvalue weighted by Gasteiger charge is 2.77. The zero-order valence-corrected chi connectivity index (χ0v) is 19.6. The number of pyridine rings is 1. The van der Waals surface area contributed by atoms with Gasteiger partial charge in [-0.3, -0.25) is 14.0 Å². The molecule has 5 aliphatic rings. The minimum Gasteiger partial charge on any atom is -0.350 e. The van der Waals surface area contributed by atoms with E-state index in [0.717, 1.165) is 55.1 Å². The maximum absolute atomic E-state index is 13.2. The molecule has 33 heavy (non-hydrogen) atoms. The highest BCUT2D eigenvalue weighted by molar-refractivity contribution is 5.93. The lowest BCUT2D eigenvalue weighted by molar-refractivity contribution is -0.177. The third kappa shape index (κ3) is 2.82. The molecular weight excluding hydrogens is 412 g/mol. The highest BCUT2D eigenvalue weighted by atomic mass is 16.2. The minimum atomic E-state index is -0.00593. The smallest absolute Gasteiger partial charge is 0.268 e. The molecule has 1 aliphatic heterocycles. The van der Waals surface area contributed by atoms with E-state index in [4.69, 9.17) is 4.98 Å². The van der Waals surface area contributed by atoms with E-state index in [0.29, 0.717) is 35.3 Å². The van der Waals surface area contributed by atoms with Gasteiger partial charge in [0.2, 0.25) is 5.91 Å². The van der Waals surface area contributed by atoms with Crippen molar-refractivity contribution in [3.63, 3.8) is 0 Å². The van der Waals surface area contributed by atoms with E-state index in [9.17, 15) is 9.59 Å². The first-order valence-electron chi connectivity index (χ1n) is 13.0. The molecule has 2 aromatic heterocycles. The molecular formula is C27H34N4O2. The average Bonchev–Trinajstić information content (AvgIpc) is 3.53. The molecule has 3 heterocycles. The van der Waals surface area contributed by atoms with Gasteiger partial charge < -0.3 is 10.2 Å². The molecule has 2 unspecified atom stereocenters. The van der Waals surface area contributed by atoms with Crippen molar-refractivity contribution in [2.75, 3.05) is 19.6 Å². The van der Waals surface area contributed by atoms with Gasteiger partial charge in [-0.2, -0.15) is 0 Å². The zero-order valence-electron chi connectivity index (χ0n) is 19.6. The topological polar surface area (TPSA) is 66.7 Å². The Labute approximate surface area is 195 Å². The van der Waals surface area contributed by atoms with Crippen molar-refractivity contribution in [3.8, 4) is 0 Å². The van der Waals surface area contributed by atoms with Gasteiger partial charge in [0.1, 0.15) is 11.3 Å². The summed E-state index contributed by atoms with van der Waals surface area (Å²) in [7, 11) is 0. The molecule has 6 heteroatoms. The predicted octanol–water partition coefficient (Wildman–Crippen LogP) is 3.69. The van der Waals surface area contributed by atoms with E-state index < -0.39 is 0 Å². The van der Waals surface area contributed by atoms with Crippen molar-refractivity contribution in [1.29, 1.82) is 0 Å². The molecule has 7 rings (SSSR count). The van der Waals surface area contributed by atoms with Crippen molar-refractivity contribution in [2.24, 2.45) is 34.5 Å². The Kier molecular flexibility index (Phi) is 4.15. The Bertz CT molecular complexity index is 1140. The minimum absolute atomic E-state index is 0.00593. The molecule has 174 valence electrons. The largest absolute Gasteiger partial charge is 0.350 e. The fourth-order valence-corrected chi connectivity index (χ4v) is 8.73. The summed E-state index contributed by atoms with van der Waals surface area (Å²) >= 11 is 0. The van der Waals surface area contributed by atoms with E-state index in [1.165, 1.54) is 32.1 Å². The van der Waals surface area contributed by atoms with Gasteiger partial charge in [0.15, 0.2) is 0 Å². The van der Waals surface area contributed by atoms with E-state index in [2.05, 4.69) is 12.2 Å². The Hall–Kier alpha value is -2.37. The number of fused-ring (bicyclic) bond motifs is 2. The van der Waals surface area contributed by atoms with Gasteiger partial charge in [-0.1, -0.05) is 13.0 Å². The van der Waals surface area contributed by atoms with Gasteiger partial charge in [0.05, 0.1) is 5.69 Å². The molecule has 0 radical (unpaired) electrons. The highest BCUT2D eigenvalue weighted by Crippen LogP contribution is 2.84. The summed E-state index contributed by atoms with van der Waals surface area (Å²) < 4.78 is 1.90. The predicted molar refractivity (Wildman–Crippen MR) is 125 cm³/mol. The van der Waals surface area contributed by atoms with Crippen molar-refractivity contribution in [1.82, 2.24) is 19.6 Å². The molecule has 1 N–H and O–H groups in total. The van der Waals surface area contributed by atoms with Crippen LogP contribution in [0.25, 0.3) is 5.65 Å². The maximum Gasteiger partial charge on any atom is 0.268 e. The van der Waals surface area contributed by atoms with Crippen LogP contribution in [0.1, 0.15) is 68.1 Å². The number of imidazole rings is 1. The number of nitrogens with one attached hydrogen (secondary N) is 1. The standard InChI is InChI=1S/C27H34N4O2/c1-17-7-8-30(13-17)24(32)6-5-21-14-31-22(3-2-4-23(31)29-21)25(33)28-16-26-11-19-9-18-10-20(12-26)27(18,19)15-26/h2-4,14,17-20H,5-13,15-16H2,1H3,(H,28,33)/t17-,18?,19?,20?,26?,27?/m1/s1. The Morgan fingerprint density at radius 2 is 2.00 bits per heavy atom. The van der Waals surface area contributed by atoms with Crippen molar-refractivity contribution in [3.05, 3.63) is 35.8 Å². The lowest BCUT2D eigenvalue weighted by Crippen LogP contribution is -2.59. The van der Waals surface area contributed by atoms with Crippen molar-refractivity contribution >= 4 is 17.5 Å². The van der Waals surface area contributed by atoms with E-state index >= 15 is 0 Å². The first kappa shape index (κ1) is 20.0. The summed E-state index contributed by atoms with van der Waals surface area (Å²) in [6.07, 6.45) is 11.0. The number of aromatic nitrogens is 2. The average molecular weight is 447 g/mol. The fourth-order valence-electron chi connectivity index (χ4n) is 8.73. The summed E-state index contributed by atoms with van der Waals surface area (Å²) in [5.74, 6) is 3.70.